The van der Waals surface area contributed by atoms with Gasteiger partial charge in [0.25, 0.3) is 5.91 Å². The van der Waals surface area contributed by atoms with Gasteiger partial charge in [-0.3, -0.25) is 9.69 Å². The summed E-state index contributed by atoms with van der Waals surface area (Å²) in [6, 6.07) is 10.6. The number of benzene rings is 1. The number of fused-ring (bicyclic) bond motifs is 1. The molecule has 2 aromatic rings. The first kappa shape index (κ1) is 14.5. The predicted molar refractivity (Wildman–Crippen MR) is 88.3 cm³/mol. The van der Waals surface area contributed by atoms with Crippen LogP contribution in [-0.2, 0) is 13.0 Å². The Morgan fingerprint density at radius 1 is 1.26 bits per heavy atom. The monoisotopic (exact) mass is 310 g/mol. The van der Waals surface area contributed by atoms with Crippen LogP contribution < -0.4 is 5.32 Å². The second-order valence-electron chi connectivity index (χ2n) is 6.51. The van der Waals surface area contributed by atoms with Crippen molar-refractivity contribution in [2.75, 3.05) is 19.6 Å². The van der Waals surface area contributed by atoms with E-state index in [2.05, 4.69) is 50.5 Å². The van der Waals surface area contributed by atoms with Crippen molar-refractivity contribution in [2.45, 2.75) is 31.7 Å². The highest BCUT2D eigenvalue weighted by atomic mass is 16.1. The number of likely N-dealkylation sites (tertiary alicyclic amines) is 1. The van der Waals surface area contributed by atoms with Crippen LogP contribution in [0, 0.1) is 0 Å². The molecule has 2 aliphatic heterocycles. The molecular weight excluding hydrogens is 288 g/mol. The molecule has 120 valence electrons. The Kier molecular flexibility index (Phi) is 3.87. The van der Waals surface area contributed by atoms with E-state index in [4.69, 9.17) is 0 Å². The molecule has 4 rings (SSSR count). The Bertz CT molecular complexity index is 694. The molecule has 1 atom stereocenters. The van der Waals surface area contributed by atoms with E-state index in [1.54, 1.807) is 0 Å². The molecule has 5 heteroatoms. The summed E-state index contributed by atoms with van der Waals surface area (Å²) in [6.45, 7) is 3.81. The number of imidazole rings is 1. The quantitative estimate of drug-likeness (QED) is 0.912. The molecule has 1 amide bonds. The number of carbonyl (C=O) groups is 1. The molecule has 0 spiro atoms. The molecule has 0 saturated carbocycles. The lowest BCUT2D eigenvalue weighted by Gasteiger charge is -2.15. The fourth-order valence-corrected chi connectivity index (χ4v) is 3.58. The van der Waals surface area contributed by atoms with Crippen molar-refractivity contribution in [1.82, 2.24) is 20.2 Å². The van der Waals surface area contributed by atoms with E-state index in [-0.39, 0.29) is 5.91 Å². The van der Waals surface area contributed by atoms with E-state index >= 15 is 0 Å². The van der Waals surface area contributed by atoms with Gasteiger partial charge in [0.05, 0.1) is 0 Å². The lowest BCUT2D eigenvalue weighted by atomic mass is 10.1. The highest BCUT2D eigenvalue weighted by molar-refractivity contribution is 5.93. The number of hydrogen-bond donors (Lipinski definition) is 2. The Balaban J connectivity index is 1.46. The summed E-state index contributed by atoms with van der Waals surface area (Å²) in [4.78, 5) is 22.6. The predicted octanol–water partition coefficient (Wildman–Crippen LogP) is 2.08. The number of nitrogens with one attached hydrogen (secondary N) is 2. The number of aryl methyl sites for hydroxylation is 1. The molecule has 1 saturated heterocycles. The summed E-state index contributed by atoms with van der Waals surface area (Å²) < 4.78 is 0. The maximum Gasteiger partial charge on any atom is 0.271 e. The SMILES string of the molecule is O=C1NCCCc2[nH]c([C@H]3CCN(Cc4ccccc4)C3)nc21. The van der Waals surface area contributed by atoms with E-state index in [9.17, 15) is 4.79 Å². The van der Waals surface area contributed by atoms with Crippen molar-refractivity contribution in [3.63, 3.8) is 0 Å². The summed E-state index contributed by atoms with van der Waals surface area (Å²) in [6.07, 6.45) is 2.98. The number of carbonyl (C=O) groups excluding carboxylic acids is 1. The minimum atomic E-state index is -0.0286. The molecule has 5 nitrogen and oxygen atoms in total. The van der Waals surface area contributed by atoms with Crippen molar-refractivity contribution in [3.8, 4) is 0 Å². The summed E-state index contributed by atoms with van der Waals surface area (Å²) in [5, 5.41) is 2.91. The number of hydrogen-bond acceptors (Lipinski definition) is 3. The van der Waals surface area contributed by atoms with E-state index in [1.165, 1.54) is 5.56 Å². The lowest BCUT2D eigenvalue weighted by Crippen LogP contribution is -2.23. The Morgan fingerprint density at radius 3 is 3.00 bits per heavy atom. The highest BCUT2D eigenvalue weighted by Gasteiger charge is 2.29. The van der Waals surface area contributed by atoms with Gasteiger partial charge < -0.3 is 10.3 Å². The third-order valence-electron chi connectivity index (χ3n) is 4.81. The topological polar surface area (TPSA) is 61.0 Å². The van der Waals surface area contributed by atoms with E-state index in [0.717, 1.165) is 57.0 Å². The van der Waals surface area contributed by atoms with Crippen LogP contribution >= 0.6 is 0 Å². The van der Waals surface area contributed by atoms with Crippen LogP contribution in [0.2, 0.25) is 0 Å². The first-order valence-corrected chi connectivity index (χ1v) is 8.43. The molecule has 0 radical (unpaired) electrons. The molecule has 3 heterocycles. The van der Waals surface area contributed by atoms with Gasteiger partial charge in [0, 0.05) is 31.2 Å². The second kappa shape index (κ2) is 6.16. The summed E-state index contributed by atoms with van der Waals surface area (Å²) in [5.74, 6) is 1.36. The minimum Gasteiger partial charge on any atom is -0.351 e. The van der Waals surface area contributed by atoms with Crippen molar-refractivity contribution >= 4 is 5.91 Å². The van der Waals surface area contributed by atoms with Gasteiger partial charge in [0.1, 0.15) is 11.5 Å². The first-order chi connectivity index (χ1) is 11.3. The third-order valence-corrected chi connectivity index (χ3v) is 4.81. The number of nitrogens with zero attached hydrogens (tertiary/aromatic N) is 2. The third kappa shape index (κ3) is 3.01. The van der Waals surface area contributed by atoms with Gasteiger partial charge >= 0.3 is 0 Å². The number of H-pyrrole nitrogens is 1. The lowest BCUT2D eigenvalue weighted by molar-refractivity contribution is 0.0951. The van der Waals surface area contributed by atoms with Crippen molar-refractivity contribution in [1.29, 1.82) is 0 Å². The number of amides is 1. The molecule has 0 unspecified atom stereocenters. The van der Waals surface area contributed by atoms with E-state index in [0.29, 0.717) is 11.6 Å². The minimum absolute atomic E-state index is 0.0286. The summed E-state index contributed by atoms with van der Waals surface area (Å²) >= 11 is 0. The molecule has 0 bridgehead atoms. The smallest absolute Gasteiger partial charge is 0.271 e. The fourth-order valence-electron chi connectivity index (χ4n) is 3.58. The van der Waals surface area contributed by atoms with Crippen molar-refractivity contribution < 1.29 is 4.79 Å². The Hall–Kier alpha value is -2.14. The zero-order valence-corrected chi connectivity index (χ0v) is 13.2. The van der Waals surface area contributed by atoms with Gasteiger partial charge in [0.2, 0.25) is 0 Å². The molecule has 1 aromatic carbocycles. The van der Waals surface area contributed by atoms with Crippen LogP contribution in [0.4, 0.5) is 0 Å². The largest absolute Gasteiger partial charge is 0.351 e. The maximum atomic E-state index is 12.0. The van der Waals surface area contributed by atoms with Crippen LogP contribution in [0.5, 0.6) is 0 Å². The average Bonchev–Trinajstić information content (AvgIpc) is 3.16. The van der Waals surface area contributed by atoms with Gasteiger partial charge in [-0.1, -0.05) is 30.3 Å². The molecule has 0 aliphatic carbocycles. The van der Waals surface area contributed by atoms with E-state index in [1.807, 2.05) is 0 Å². The number of rotatable bonds is 3. The van der Waals surface area contributed by atoms with Crippen LogP contribution in [0.3, 0.4) is 0 Å². The number of aromatic amines is 1. The molecule has 2 N–H and O–H groups in total. The molecule has 1 aromatic heterocycles. The van der Waals surface area contributed by atoms with Crippen LogP contribution in [0.15, 0.2) is 30.3 Å². The molecule has 23 heavy (non-hydrogen) atoms. The van der Waals surface area contributed by atoms with Crippen molar-refractivity contribution in [2.24, 2.45) is 0 Å². The van der Waals surface area contributed by atoms with E-state index < -0.39 is 0 Å². The Labute approximate surface area is 136 Å². The van der Waals surface area contributed by atoms with Crippen LogP contribution in [0.1, 0.15) is 46.3 Å². The van der Waals surface area contributed by atoms with Gasteiger partial charge in [0.15, 0.2) is 0 Å². The van der Waals surface area contributed by atoms with Gasteiger partial charge in [-0.25, -0.2) is 4.98 Å². The first-order valence-electron chi connectivity index (χ1n) is 8.43. The molecular formula is C18H22N4O. The molecule has 1 fully saturated rings. The fraction of sp³-hybridized carbons (Fsp3) is 0.444. The zero-order chi connectivity index (χ0) is 15.6. The van der Waals surface area contributed by atoms with Gasteiger partial charge in [-0.2, -0.15) is 0 Å². The zero-order valence-electron chi connectivity index (χ0n) is 13.2. The van der Waals surface area contributed by atoms with Crippen molar-refractivity contribution in [3.05, 3.63) is 53.1 Å². The van der Waals surface area contributed by atoms with Crippen LogP contribution in [0.25, 0.3) is 0 Å². The van der Waals surface area contributed by atoms with Gasteiger partial charge in [-0.05, 0) is 31.4 Å². The van der Waals surface area contributed by atoms with Crippen LogP contribution in [-0.4, -0.2) is 40.4 Å². The standard InChI is InChI=1S/C18H22N4O/c23-18-16-15(7-4-9-19-18)20-17(21-16)14-8-10-22(12-14)11-13-5-2-1-3-6-13/h1-3,5-6,14H,4,7-12H2,(H,19,23)(H,20,21)/t14-/m0/s1. The molecule has 2 aliphatic rings. The van der Waals surface area contributed by atoms with Gasteiger partial charge in [-0.15, -0.1) is 0 Å². The average molecular weight is 310 g/mol. The maximum absolute atomic E-state index is 12.0. The summed E-state index contributed by atoms with van der Waals surface area (Å²) in [7, 11) is 0. The number of aromatic nitrogens is 2. The summed E-state index contributed by atoms with van der Waals surface area (Å²) in [5.41, 5.74) is 2.97. The highest BCUT2D eigenvalue weighted by Crippen LogP contribution is 2.27. The second-order valence-corrected chi connectivity index (χ2v) is 6.51. The normalized spacial score (nSPS) is 21.7. The Morgan fingerprint density at radius 2 is 2.13 bits per heavy atom.